The molecule has 0 aliphatic rings. The standard InChI is InChI=1S/C5H9O3/c1-2-5(8,3-6)4-7/h6,8H,2-3H2,1H3. The van der Waals surface area contributed by atoms with Gasteiger partial charge in [-0.3, -0.25) is 4.79 Å². The Kier molecular flexibility index (Phi) is 2.65. The van der Waals surface area contributed by atoms with Crippen molar-refractivity contribution in [2.45, 2.75) is 18.9 Å². The fraction of sp³-hybridized carbons (Fsp3) is 0.800. The minimum Gasteiger partial charge on any atom is -0.393 e. The molecule has 1 radical (unpaired) electrons. The van der Waals surface area contributed by atoms with E-state index < -0.39 is 12.2 Å². The van der Waals surface area contributed by atoms with Crippen molar-refractivity contribution >= 4 is 6.29 Å². The molecule has 0 aromatic heterocycles. The zero-order valence-electron chi connectivity index (χ0n) is 4.72. The Morgan fingerprint density at radius 3 is 2.25 bits per heavy atom. The van der Waals surface area contributed by atoms with E-state index in [9.17, 15) is 4.79 Å². The van der Waals surface area contributed by atoms with Crippen molar-refractivity contribution < 1.29 is 15.0 Å². The SMILES string of the molecule is CCC(O)([C]=O)CO. The van der Waals surface area contributed by atoms with E-state index >= 15 is 0 Å². The third-order valence-corrected chi connectivity index (χ3v) is 1.04. The van der Waals surface area contributed by atoms with Crippen LogP contribution in [-0.2, 0) is 4.79 Å². The average Bonchev–Trinajstić information content (AvgIpc) is 1.87. The van der Waals surface area contributed by atoms with Crippen LogP contribution in [0.5, 0.6) is 0 Å². The van der Waals surface area contributed by atoms with Crippen LogP contribution in [0.25, 0.3) is 0 Å². The first-order valence-corrected chi connectivity index (χ1v) is 2.41. The molecule has 1 atom stereocenters. The quantitative estimate of drug-likeness (QED) is 0.510. The largest absolute Gasteiger partial charge is 0.393 e. The van der Waals surface area contributed by atoms with E-state index in [1.807, 2.05) is 0 Å². The minimum absolute atomic E-state index is 0.201. The molecule has 0 bridgehead atoms. The Bertz CT molecular complexity index is 75.7. The van der Waals surface area contributed by atoms with Gasteiger partial charge in [0.2, 0.25) is 6.29 Å². The second kappa shape index (κ2) is 2.79. The van der Waals surface area contributed by atoms with Crippen molar-refractivity contribution in [2.24, 2.45) is 0 Å². The van der Waals surface area contributed by atoms with Gasteiger partial charge in [-0.15, -0.1) is 0 Å². The van der Waals surface area contributed by atoms with Crippen molar-refractivity contribution in [1.29, 1.82) is 0 Å². The maximum absolute atomic E-state index is 9.75. The first kappa shape index (κ1) is 7.59. The molecule has 0 heterocycles. The van der Waals surface area contributed by atoms with Crippen molar-refractivity contribution in [3.63, 3.8) is 0 Å². The minimum atomic E-state index is -1.62. The fourth-order valence-electron chi connectivity index (χ4n) is 0.216. The maximum atomic E-state index is 9.75. The van der Waals surface area contributed by atoms with Crippen LogP contribution in [-0.4, -0.2) is 28.7 Å². The lowest BCUT2D eigenvalue weighted by Gasteiger charge is -2.13. The molecule has 0 amide bonds. The number of rotatable bonds is 3. The van der Waals surface area contributed by atoms with Crippen LogP contribution in [0.4, 0.5) is 0 Å². The second-order valence-electron chi connectivity index (χ2n) is 1.65. The van der Waals surface area contributed by atoms with Crippen LogP contribution in [0.2, 0.25) is 0 Å². The zero-order valence-corrected chi connectivity index (χ0v) is 4.72. The highest BCUT2D eigenvalue weighted by molar-refractivity contribution is 5.62. The topological polar surface area (TPSA) is 57.5 Å². The van der Waals surface area contributed by atoms with Crippen molar-refractivity contribution in [3.8, 4) is 0 Å². The maximum Gasteiger partial charge on any atom is 0.235 e. The van der Waals surface area contributed by atoms with Gasteiger partial charge in [0.1, 0.15) is 0 Å². The van der Waals surface area contributed by atoms with E-state index in [0.717, 1.165) is 0 Å². The van der Waals surface area contributed by atoms with E-state index in [1.54, 1.807) is 6.92 Å². The van der Waals surface area contributed by atoms with Gasteiger partial charge in [-0.25, -0.2) is 0 Å². The molecule has 47 valence electrons. The van der Waals surface area contributed by atoms with E-state index in [1.165, 1.54) is 6.29 Å². The average molecular weight is 117 g/mol. The number of hydrogen-bond acceptors (Lipinski definition) is 3. The molecule has 0 aliphatic heterocycles. The molecule has 0 aromatic rings. The summed E-state index contributed by atoms with van der Waals surface area (Å²) in [5.74, 6) is 0. The lowest BCUT2D eigenvalue weighted by atomic mass is 10.1. The number of aliphatic hydroxyl groups excluding tert-OH is 1. The molecule has 3 nitrogen and oxygen atoms in total. The highest BCUT2D eigenvalue weighted by Crippen LogP contribution is 2.02. The van der Waals surface area contributed by atoms with Crippen molar-refractivity contribution in [2.75, 3.05) is 6.61 Å². The summed E-state index contributed by atoms with van der Waals surface area (Å²) in [6.07, 6.45) is 1.53. The van der Waals surface area contributed by atoms with E-state index in [2.05, 4.69) is 0 Å². The first-order valence-electron chi connectivity index (χ1n) is 2.41. The number of carbonyl (C=O) groups excluding carboxylic acids is 1. The number of hydrogen-bond donors (Lipinski definition) is 2. The Balaban J connectivity index is 3.76. The van der Waals surface area contributed by atoms with E-state index in [0.29, 0.717) is 0 Å². The highest BCUT2D eigenvalue weighted by Gasteiger charge is 2.22. The molecule has 1 unspecified atom stereocenters. The predicted molar refractivity (Wildman–Crippen MR) is 28.0 cm³/mol. The van der Waals surface area contributed by atoms with Crippen LogP contribution in [0, 0.1) is 0 Å². The van der Waals surface area contributed by atoms with Gasteiger partial charge in [-0.1, -0.05) is 6.92 Å². The summed E-state index contributed by atoms with van der Waals surface area (Å²) in [6, 6.07) is 0. The zero-order chi connectivity index (χ0) is 6.62. The van der Waals surface area contributed by atoms with Crippen molar-refractivity contribution in [3.05, 3.63) is 0 Å². The van der Waals surface area contributed by atoms with Crippen LogP contribution in [0.15, 0.2) is 0 Å². The molecule has 0 aliphatic carbocycles. The van der Waals surface area contributed by atoms with Gasteiger partial charge in [-0.05, 0) is 6.42 Å². The summed E-state index contributed by atoms with van der Waals surface area (Å²) in [4.78, 5) is 9.75. The normalized spacial score (nSPS) is 17.4. The van der Waals surface area contributed by atoms with Gasteiger partial charge in [-0.2, -0.15) is 0 Å². The Hall–Kier alpha value is -0.410. The van der Waals surface area contributed by atoms with Gasteiger partial charge < -0.3 is 10.2 Å². The summed E-state index contributed by atoms with van der Waals surface area (Å²) in [5.41, 5.74) is -1.62. The summed E-state index contributed by atoms with van der Waals surface area (Å²) in [7, 11) is 0. The molecule has 0 fully saturated rings. The van der Waals surface area contributed by atoms with E-state index in [4.69, 9.17) is 10.2 Å². The van der Waals surface area contributed by atoms with Gasteiger partial charge in [0.05, 0.1) is 6.61 Å². The van der Waals surface area contributed by atoms with Gasteiger partial charge in [0.25, 0.3) is 0 Å². The first-order chi connectivity index (χ1) is 3.68. The molecule has 0 spiro atoms. The molecule has 8 heavy (non-hydrogen) atoms. The predicted octanol–water partition coefficient (Wildman–Crippen LogP) is -0.770. The second-order valence-corrected chi connectivity index (χ2v) is 1.65. The van der Waals surface area contributed by atoms with E-state index in [-0.39, 0.29) is 6.42 Å². The summed E-state index contributed by atoms with van der Waals surface area (Å²) in [6.45, 7) is 1.05. The van der Waals surface area contributed by atoms with Gasteiger partial charge in [0, 0.05) is 0 Å². The molecule has 3 heteroatoms. The molecule has 0 saturated heterocycles. The third kappa shape index (κ3) is 1.60. The van der Waals surface area contributed by atoms with Crippen LogP contribution >= 0.6 is 0 Å². The molecule has 0 rings (SSSR count). The number of aliphatic hydroxyl groups is 2. The molecular formula is C5H9O3. The highest BCUT2D eigenvalue weighted by atomic mass is 16.3. The van der Waals surface area contributed by atoms with Crippen LogP contribution in [0.3, 0.4) is 0 Å². The molecule has 0 saturated carbocycles. The summed E-state index contributed by atoms with van der Waals surface area (Å²) < 4.78 is 0. The third-order valence-electron chi connectivity index (χ3n) is 1.04. The summed E-state index contributed by atoms with van der Waals surface area (Å²) in [5, 5.41) is 17.0. The van der Waals surface area contributed by atoms with Crippen LogP contribution in [0.1, 0.15) is 13.3 Å². The smallest absolute Gasteiger partial charge is 0.235 e. The monoisotopic (exact) mass is 117 g/mol. The summed E-state index contributed by atoms with van der Waals surface area (Å²) >= 11 is 0. The van der Waals surface area contributed by atoms with Gasteiger partial charge in [0.15, 0.2) is 5.60 Å². The Morgan fingerprint density at radius 1 is 1.75 bits per heavy atom. The fourth-order valence-corrected chi connectivity index (χ4v) is 0.216. The Labute approximate surface area is 47.9 Å². The Morgan fingerprint density at radius 2 is 2.25 bits per heavy atom. The molecular weight excluding hydrogens is 108 g/mol. The lowest BCUT2D eigenvalue weighted by molar-refractivity contribution is 0.0394. The molecule has 0 aromatic carbocycles. The lowest BCUT2D eigenvalue weighted by Crippen LogP contribution is -2.33. The van der Waals surface area contributed by atoms with Gasteiger partial charge >= 0.3 is 0 Å². The van der Waals surface area contributed by atoms with Crippen molar-refractivity contribution in [1.82, 2.24) is 0 Å². The molecule has 2 N–H and O–H groups in total. The van der Waals surface area contributed by atoms with Crippen LogP contribution < -0.4 is 0 Å².